The molecule has 0 aliphatic rings. The molecule has 8 nitrogen and oxygen atoms in total. The highest BCUT2D eigenvalue weighted by Gasteiger charge is 2.15. The number of nitrogens with zero attached hydrogens (tertiary/aromatic N) is 4. The summed E-state index contributed by atoms with van der Waals surface area (Å²) in [5.74, 6) is -0.291. The van der Waals surface area contributed by atoms with Crippen LogP contribution in [0.5, 0.6) is 0 Å². The van der Waals surface area contributed by atoms with Crippen LogP contribution in [-0.4, -0.2) is 24.7 Å². The third kappa shape index (κ3) is 8.61. The number of aryl methyl sites for hydroxylation is 1. The van der Waals surface area contributed by atoms with Gasteiger partial charge in [-0.25, -0.2) is 9.78 Å². The van der Waals surface area contributed by atoms with Gasteiger partial charge in [0.1, 0.15) is 6.33 Å². The lowest BCUT2D eigenvalue weighted by molar-refractivity contribution is -0.147. The number of carbonyl (C=O) groups is 1. The fourth-order valence-corrected chi connectivity index (χ4v) is 4.05. The predicted molar refractivity (Wildman–Crippen MR) is 136 cm³/mol. The molecule has 2 aromatic heterocycles. The monoisotopic (exact) mass is 474 g/mol. The van der Waals surface area contributed by atoms with Gasteiger partial charge >= 0.3 is 11.7 Å². The predicted octanol–water partition coefficient (Wildman–Crippen LogP) is 4.97. The first-order valence-corrected chi connectivity index (χ1v) is 12.9. The van der Waals surface area contributed by atoms with Crippen LogP contribution in [0, 0.1) is 0 Å². The third-order valence-electron chi connectivity index (χ3n) is 6.22. The Morgan fingerprint density at radius 2 is 1.47 bits per heavy atom. The molecule has 0 unspecified atom stereocenters. The number of unbranched alkanes of at least 4 members (excludes halogenated alkanes) is 11. The molecule has 190 valence electrons. The summed E-state index contributed by atoms with van der Waals surface area (Å²) < 4.78 is 9.11. The highest BCUT2D eigenvalue weighted by atomic mass is 16.5. The highest BCUT2D eigenvalue weighted by Crippen LogP contribution is 2.11. The number of ether oxygens (including phenoxy) is 1. The van der Waals surface area contributed by atoms with E-state index < -0.39 is 11.2 Å². The van der Waals surface area contributed by atoms with E-state index in [2.05, 4.69) is 24.1 Å². The molecule has 0 bridgehead atoms. The van der Waals surface area contributed by atoms with E-state index in [-0.39, 0.29) is 23.9 Å². The van der Waals surface area contributed by atoms with Crippen LogP contribution >= 0.6 is 0 Å². The molecule has 0 radical (unpaired) electrons. The Balaban J connectivity index is 1.54. The lowest BCUT2D eigenvalue weighted by Gasteiger charge is -2.08. The number of allylic oxidation sites excluding steroid dienone is 2. The zero-order valence-electron chi connectivity index (χ0n) is 21.3. The van der Waals surface area contributed by atoms with Crippen LogP contribution < -0.4 is 11.2 Å². The number of rotatable bonds is 17. The van der Waals surface area contributed by atoms with Crippen LogP contribution in [0.2, 0.25) is 0 Å². The highest BCUT2D eigenvalue weighted by molar-refractivity contribution is 5.71. The summed E-state index contributed by atoms with van der Waals surface area (Å²) in [7, 11) is 2.97. The van der Waals surface area contributed by atoms with Gasteiger partial charge in [-0.05, 0) is 32.1 Å². The molecule has 0 saturated carbocycles. The molecule has 0 aliphatic carbocycles. The maximum atomic E-state index is 12.4. The zero-order chi connectivity index (χ0) is 24.8. The minimum absolute atomic E-state index is 0.0894. The van der Waals surface area contributed by atoms with Crippen LogP contribution in [0.1, 0.15) is 96.8 Å². The Morgan fingerprint density at radius 3 is 2.12 bits per heavy atom. The van der Waals surface area contributed by atoms with Crippen LogP contribution in [-0.2, 0) is 30.4 Å². The summed E-state index contributed by atoms with van der Waals surface area (Å²) in [6.45, 7) is 2.16. The summed E-state index contributed by atoms with van der Waals surface area (Å²) in [6, 6.07) is 0. The summed E-state index contributed by atoms with van der Waals surface area (Å²) >= 11 is 0. The number of esters is 1. The molecule has 2 heterocycles. The van der Waals surface area contributed by atoms with E-state index in [1.165, 1.54) is 80.3 Å². The van der Waals surface area contributed by atoms with Crippen molar-refractivity contribution in [2.24, 2.45) is 14.1 Å². The van der Waals surface area contributed by atoms with Crippen molar-refractivity contribution < 1.29 is 9.53 Å². The van der Waals surface area contributed by atoms with Crippen LogP contribution in [0.4, 0.5) is 0 Å². The number of imidazole rings is 1. The second-order valence-corrected chi connectivity index (χ2v) is 9.07. The van der Waals surface area contributed by atoms with E-state index in [0.717, 1.165) is 30.3 Å². The van der Waals surface area contributed by atoms with Crippen molar-refractivity contribution >= 4 is 17.1 Å². The molecular weight excluding hydrogens is 432 g/mol. The number of hydrogen-bond donors (Lipinski definition) is 0. The molecule has 0 saturated heterocycles. The fourth-order valence-electron chi connectivity index (χ4n) is 4.05. The molecule has 0 aliphatic heterocycles. The molecule has 0 N–H and O–H groups in total. The number of aromatic nitrogens is 4. The Morgan fingerprint density at radius 1 is 0.882 bits per heavy atom. The third-order valence-corrected chi connectivity index (χ3v) is 6.22. The first-order chi connectivity index (χ1) is 16.5. The van der Waals surface area contributed by atoms with Crippen LogP contribution in [0.3, 0.4) is 0 Å². The largest absolute Gasteiger partial charge is 0.444 e. The SMILES string of the molecule is CCCCCCCC/C=C\CCCCCCCC(=O)OCn1cnc2c1c(=O)n(C)c(=O)n2C. The van der Waals surface area contributed by atoms with Gasteiger partial charge < -0.3 is 4.74 Å². The second-order valence-electron chi connectivity index (χ2n) is 9.07. The summed E-state index contributed by atoms with van der Waals surface area (Å²) in [5.41, 5.74) is -0.368. The van der Waals surface area contributed by atoms with Gasteiger partial charge in [0.15, 0.2) is 17.9 Å². The topological polar surface area (TPSA) is 88.1 Å². The molecular formula is C26H42N4O4. The molecule has 34 heavy (non-hydrogen) atoms. The van der Waals surface area contributed by atoms with E-state index >= 15 is 0 Å². The zero-order valence-corrected chi connectivity index (χ0v) is 21.3. The average molecular weight is 475 g/mol. The second kappa shape index (κ2) is 15.3. The minimum atomic E-state index is -0.455. The number of fused-ring (bicyclic) bond motifs is 1. The van der Waals surface area contributed by atoms with E-state index in [9.17, 15) is 14.4 Å². The van der Waals surface area contributed by atoms with Crippen molar-refractivity contribution in [2.45, 2.75) is 104 Å². The van der Waals surface area contributed by atoms with Crippen molar-refractivity contribution in [3.05, 3.63) is 39.3 Å². The quantitative estimate of drug-likeness (QED) is 0.183. The Labute approximate surface area is 202 Å². The maximum absolute atomic E-state index is 12.4. The van der Waals surface area contributed by atoms with Crippen molar-refractivity contribution in [3.8, 4) is 0 Å². The van der Waals surface area contributed by atoms with E-state index in [1.807, 2.05) is 0 Å². The van der Waals surface area contributed by atoms with Gasteiger partial charge in [-0.3, -0.25) is 23.3 Å². The molecule has 0 amide bonds. The van der Waals surface area contributed by atoms with Gasteiger partial charge in [-0.2, -0.15) is 0 Å². The Bertz CT molecular complexity index is 1030. The van der Waals surface area contributed by atoms with Gasteiger partial charge in [0.25, 0.3) is 5.56 Å². The first-order valence-electron chi connectivity index (χ1n) is 12.9. The summed E-state index contributed by atoms with van der Waals surface area (Å²) in [4.78, 5) is 40.6. The van der Waals surface area contributed by atoms with Crippen LogP contribution in [0.25, 0.3) is 11.2 Å². The number of hydrogen-bond acceptors (Lipinski definition) is 5. The summed E-state index contributed by atoms with van der Waals surface area (Å²) in [6.07, 6.45) is 22.2. The van der Waals surface area contributed by atoms with E-state index in [1.54, 1.807) is 7.05 Å². The van der Waals surface area contributed by atoms with Gasteiger partial charge in [0.05, 0.1) is 0 Å². The molecule has 0 spiro atoms. The lowest BCUT2D eigenvalue weighted by Crippen LogP contribution is -2.37. The van der Waals surface area contributed by atoms with Crippen LogP contribution in [0.15, 0.2) is 28.1 Å². The van der Waals surface area contributed by atoms with Gasteiger partial charge in [-0.15, -0.1) is 0 Å². The Kier molecular flexibility index (Phi) is 12.4. The van der Waals surface area contributed by atoms with Crippen molar-refractivity contribution in [3.63, 3.8) is 0 Å². The van der Waals surface area contributed by atoms with Crippen molar-refractivity contribution in [2.75, 3.05) is 0 Å². The van der Waals surface area contributed by atoms with Crippen molar-refractivity contribution in [1.29, 1.82) is 0 Å². The van der Waals surface area contributed by atoms with Gasteiger partial charge in [0.2, 0.25) is 0 Å². The normalized spacial score (nSPS) is 11.6. The van der Waals surface area contributed by atoms with E-state index in [0.29, 0.717) is 6.42 Å². The average Bonchev–Trinajstić information content (AvgIpc) is 3.26. The van der Waals surface area contributed by atoms with E-state index in [4.69, 9.17) is 4.74 Å². The smallest absolute Gasteiger partial charge is 0.332 e. The molecule has 0 aromatic carbocycles. The Hall–Kier alpha value is -2.64. The maximum Gasteiger partial charge on any atom is 0.332 e. The minimum Gasteiger partial charge on any atom is -0.444 e. The molecule has 2 rings (SSSR count). The number of carbonyl (C=O) groups excluding carboxylic acids is 1. The first kappa shape index (κ1) is 27.6. The fraction of sp³-hybridized carbons (Fsp3) is 0.692. The molecule has 0 fully saturated rings. The molecule has 2 aromatic rings. The summed E-state index contributed by atoms with van der Waals surface area (Å²) in [5, 5.41) is 0. The lowest BCUT2D eigenvalue weighted by atomic mass is 10.1. The molecule has 8 heteroatoms. The standard InChI is InChI=1S/C26H42N4O4/c1-4-5-6-7-8-9-10-11-12-13-14-15-16-17-18-19-22(31)34-21-30-20-27-24-23(30)25(32)29(3)26(33)28(24)2/h11-12,20H,4-10,13-19,21H2,1-3H3/b12-11-. The molecule has 0 atom stereocenters. The van der Waals surface area contributed by atoms with Gasteiger partial charge in [-0.1, -0.05) is 70.4 Å². The van der Waals surface area contributed by atoms with Crippen molar-refractivity contribution in [1.82, 2.24) is 18.7 Å². The van der Waals surface area contributed by atoms with Gasteiger partial charge in [0, 0.05) is 20.5 Å².